The maximum Gasteiger partial charge on any atom is 0.330 e. The Morgan fingerprint density at radius 1 is 1.08 bits per heavy atom. The molecule has 1 aliphatic rings. The van der Waals surface area contributed by atoms with E-state index in [0.29, 0.717) is 12.0 Å². The van der Waals surface area contributed by atoms with Gasteiger partial charge in [0.1, 0.15) is 18.9 Å². The standard InChI is InChI=1S/C27H33N3O5Si/c1-19-17-30(26(32)29-25(19)31)24-16-22(23(34-24)18-33-28-5)35-36(27(2,3)4,20-12-8-6-9-13-20)21-14-10-7-11-15-21/h6-15,17,22-24H,5,16,18H2,1-4H3,(H,29,31,32)/t22-,23+,24+/m0/s1. The van der Waals surface area contributed by atoms with E-state index in [4.69, 9.17) is 14.0 Å². The molecule has 4 rings (SSSR count). The molecule has 3 aromatic rings. The number of hydrogen-bond donors (Lipinski definition) is 1. The fourth-order valence-corrected chi connectivity index (χ4v) is 9.71. The molecule has 36 heavy (non-hydrogen) atoms. The number of nitrogens with zero attached hydrogens (tertiary/aromatic N) is 2. The van der Waals surface area contributed by atoms with Gasteiger partial charge in [-0.2, -0.15) is 0 Å². The number of benzene rings is 2. The van der Waals surface area contributed by atoms with Crippen LogP contribution < -0.4 is 21.6 Å². The van der Waals surface area contributed by atoms with Crippen LogP contribution in [0.2, 0.25) is 5.04 Å². The molecule has 3 atom stereocenters. The number of hydrogen-bond acceptors (Lipinski definition) is 6. The molecule has 1 aliphatic heterocycles. The Bertz CT molecular complexity index is 1260. The Hall–Kier alpha value is -3.27. The lowest BCUT2D eigenvalue weighted by Gasteiger charge is -2.45. The quantitative estimate of drug-likeness (QED) is 0.287. The highest BCUT2D eigenvalue weighted by molar-refractivity contribution is 6.99. The van der Waals surface area contributed by atoms with Crippen molar-refractivity contribution >= 4 is 25.4 Å². The molecular formula is C27H33N3O5Si. The van der Waals surface area contributed by atoms with Gasteiger partial charge in [0.2, 0.25) is 0 Å². The zero-order valence-electron chi connectivity index (χ0n) is 21.1. The zero-order chi connectivity index (χ0) is 25.9. The molecule has 0 saturated carbocycles. The van der Waals surface area contributed by atoms with Crippen molar-refractivity contribution in [1.29, 1.82) is 0 Å². The Labute approximate surface area is 211 Å². The highest BCUT2D eigenvalue weighted by atomic mass is 28.4. The van der Waals surface area contributed by atoms with Gasteiger partial charge in [0.05, 0.1) is 6.10 Å². The van der Waals surface area contributed by atoms with Gasteiger partial charge in [0.15, 0.2) is 0 Å². The SMILES string of the molecule is C=NOC[C@H]1O[C@@H](n2cc(C)c(=O)[nH]c2=O)C[C@@H]1O[Si](c1ccccc1)(c1ccccc1)C(C)(C)C. The number of rotatable bonds is 8. The Balaban J connectivity index is 1.81. The van der Waals surface area contributed by atoms with Gasteiger partial charge in [-0.25, -0.2) is 4.79 Å². The van der Waals surface area contributed by atoms with Gasteiger partial charge in [0, 0.05) is 24.9 Å². The van der Waals surface area contributed by atoms with Crippen LogP contribution in [0.5, 0.6) is 0 Å². The lowest BCUT2D eigenvalue weighted by Crippen LogP contribution is -2.68. The van der Waals surface area contributed by atoms with Gasteiger partial charge in [-0.1, -0.05) is 81.4 Å². The van der Waals surface area contributed by atoms with Crippen LogP contribution in [-0.4, -0.2) is 43.4 Å². The fraction of sp³-hybridized carbons (Fsp3) is 0.370. The van der Waals surface area contributed by atoms with Crippen LogP contribution in [0.3, 0.4) is 0 Å². The molecule has 0 spiro atoms. The number of aromatic nitrogens is 2. The summed E-state index contributed by atoms with van der Waals surface area (Å²) in [6.45, 7) is 11.8. The third-order valence-corrected chi connectivity index (χ3v) is 11.8. The van der Waals surface area contributed by atoms with E-state index < -0.39 is 38.0 Å². The summed E-state index contributed by atoms with van der Waals surface area (Å²) < 4.78 is 15.0. The summed E-state index contributed by atoms with van der Waals surface area (Å²) in [4.78, 5) is 32.2. The van der Waals surface area contributed by atoms with Crippen molar-refractivity contribution in [2.45, 2.75) is 57.6 Å². The molecule has 1 fully saturated rings. The van der Waals surface area contributed by atoms with E-state index in [0.717, 1.165) is 10.4 Å². The predicted octanol–water partition coefficient (Wildman–Crippen LogP) is 2.71. The van der Waals surface area contributed by atoms with Crippen LogP contribution in [0.1, 0.15) is 39.0 Å². The second-order valence-electron chi connectivity index (χ2n) is 10.1. The molecule has 0 radical (unpaired) electrons. The molecule has 0 unspecified atom stereocenters. The van der Waals surface area contributed by atoms with Crippen LogP contribution in [0, 0.1) is 6.92 Å². The highest BCUT2D eigenvalue weighted by Gasteiger charge is 2.54. The number of nitrogens with one attached hydrogen (secondary N) is 1. The molecule has 0 aliphatic carbocycles. The molecule has 1 aromatic heterocycles. The van der Waals surface area contributed by atoms with Gasteiger partial charge < -0.3 is 14.0 Å². The first-order valence-electron chi connectivity index (χ1n) is 12.0. The first-order chi connectivity index (χ1) is 17.2. The second kappa shape index (κ2) is 10.4. The topological polar surface area (TPSA) is 94.9 Å². The molecule has 1 N–H and O–H groups in total. The predicted molar refractivity (Wildman–Crippen MR) is 143 cm³/mol. The molecule has 2 aromatic carbocycles. The summed E-state index contributed by atoms with van der Waals surface area (Å²) >= 11 is 0. The van der Waals surface area contributed by atoms with Gasteiger partial charge >= 0.3 is 5.69 Å². The van der Waals surface area contributed by atoms with Crippen LogP contribution >= 0.6 is 0 Å². The van der Waals surface area contributed by atoms with E-state index >= 15 is 0 Å². The van der Waals surface area contributed by atoms with Crippen LogP contribution in [-0.2, 0) is 14.0 Å². The molecule has 0 amide bonds. The van der Waals surface area contributed by atoms with E-state index in [1.807, 2.05) is 36.4 Å². The van der Waals surface area contributed by atoms with Crippen molar-refractivity contribution in [3.8, 4) is 0 Å². The maximum absolute atomic E-state index is 12.6. The van der Waals surface area contributed by atoms with E-state index in [2.05, 4.69) is 61.9 Å². The number of oxime groups is 1. The summed E-state index contributed by atoms with van der Waals surface area (Å²) in [7, 11) is -2.89. The van der Waals surface area contributed by atoms with Crippen molar-refractivity contribution in [3.05, 3.63) is 93.3 Å². The number of aryl methyl sites for hydroxylation is 1. The van der Waals surface area contributed by atoms with Gasteiger partial charge in [-0.3, -0.25) is 14.3 Å². The minimum Gasteiger partial charge on any atom is -0.402 e. The molecule has 190 valence electrons. The molecule has 2 heterocycles. The first-order valence-corrected chi connectivity index (χ1v) is 13.9. The summed E-state index contributed by atoms with van der Waals surface area (Å²) in [5, 5.41) is 5.60. The number of ether oxygens (including phenoxy) is 1. The van der Waals surface area contributed by atoms with Gasteiger partial charge in [0.25, 0.3) is 13.9 Å². The average molecular weight is 508 g/mol. The Kier molecular flexibility index (Phi) is 7.44. The largest absolute Gasteiger partial charge is 0.402 e. The highest BCUT2D eigenvalue weighted by Crippen LogP contribution is 2.41. The lowest BCUT2D eigenvalue weighted by molar-refractivity contribution is -0.0601. The second-order valence-corrected chi connectivity index (χ2v) is 14.3. The summed E-state index contributed by atoms with van der Waals surface area (Å²) in [5.41, 5.74) is -0.511. The fourth-order valence-electron chi connectivity index (χ4n) is 4.99. The molecule has 0 bridgehead atoms. The number of aromatic amines is 1. The van der Waals surface area contributed by atoms with Crippen molar-refractivity contribution in [2.24, 2.45) is 5.16 Å². The Morgan fingerprint density at radius 2 is 1.67 bits per heavy atom. The first kappa shape index (κ1) is 25.8. The van der Waals surface area contributed by atoms with E-state index in [1.54, 1.807) is 6.92 Å². The van der Waals surface area contributed by atoms with Crippen molar-refractivity contribution in [2.75, 3.05) is 6.61 Å². The molecule has 8 nitrogen and oxygen atoms in total. The lowest BCUT2D eigenvalue weighted by atomic mass is 10.2. The zero-order valence-corrected chi connectivity index (χ0v) is 22.1. The van der Waals surface area contributed by atoms with Crippen LogP contribution in [0.4, 0.5) is 0 Å². The molecule has 1 saturated heterocycles. The third kappa shape index (κ3) is 4.86. The summed E-state index contributed by atoms with van der Waals surface area (Å²) in [6, 6.07) is 20.7. The van der Waals surface area contributed by atoms with E-state index in [-0.39, 0.29) is 11.6 Å². The van der Waals surface area contributed by atoms with Crippen molar-refractivity contribution < 1.29 is 14.0 Å². The third-order valence-electron chi connectivity index (χ3n) is 6.71. The minimum absolute atomic E-state index is 0.125. The van der Waals surface area contributed by atoms with Crippen LogP contribution in [0.15, 0.2) is 81.6 Å². The average Bonchev–Trinajstić information content (AvgIpc) is 3.25. The summed E-state index contributed by atoms with van der Waals surface area (Å²) in [6.07, 6.45) is 0.403. The normalized spacial score (nSPS) is 20.3. The van der Waals surface area contributed by atoms with Gasteiger partial charge in [-0.05, 0) is 22.3 Å². The van der Waals surface area contributed by atoms with Crippen molar-refractivity contribution in [3.63, 3.8) is 0 Å². The monoisotopic (exact) mass is 507 g/mol. The minimum atomic E-state index is -2.89. The number of H-pyrrole nitrogens is 1. The molecule has 9 heteroatoms. The molecular weight excluding hydrogens is 474 g/mol. The van der Waals surface area contributed by atoms with Crippen LogP contribution in [0.25, 0.3) is 0 Å². The maximum atomic E-state index is 12.6. The smallest absolute Gasteiger partial charge is 0.330 e. The Morgan fingerprint density at radius 3 is 2.19 bits per heavy atom. The summed E-state index contributed by atoms with van der Waals surface area (Å²) in [5.74, 6) is 0. The van der Waals surface area contributed by atoms with Gasteiger partial charge in [-0.15, -0.1) is 5.16 Å². The van der Waals surface area contributed by atoms with E-state index in [1.165, 1.54) is 10.8 Å². The van der Waals surface area contributed by atoms with E-state index in [9.17, 15) is 9.59 Å². The van der Waals surface area contributed by atoms with Crippen molar-refractivity contribution in [1.82, 2.24) is 9.55 Å².